The number of hydrazone groups is 1. The fourth-order valence-electron chi connectivity index (χ4n) is 3.25. The molecule has 0 aliphatic rings. The molecule has 1 aromatic heterocycles. The molecule has 0 aliphatic carbocycles. The Morgan fingerprint density at radius 3 is 2.45 bits per heavy atom. The Labute approximate surface area is 190 Å². The van der Waals surface area contributed by atoms with E-state index in [0.29, 0.717) is 10.0 Å². The van der Waals surface area contributed by atoms with Gasteiger partial charge in [-0.3, -0.25) is 9.59 Å². The minimum Gasteiger partial charge on any atom is -0.341 e. The fraction of sp³-hybridized carbons (Fsp3) is 0.174. The molecule has 2 aromatic carbocycles. The van der Waals surface area contributed by atoms with Gasteiger partial charge in [0.1, 0.15) is 0 Å². The lowest BCUT2D eigenvalue weighted by atomic mass is 10.1. The zero-order chi connectivity index (χ0) is 22.5. The number of hydrogen-bond acceptors (Lipinski definition) is 3. The predicted octanol–water partition coefficient (Wildman–Crippen LogP) is 4.73. The highest BCUT2D eigenvalue weighted by molar-refractivity contribution is 6.43. The highest BCUT2D eigenvalue weighted by atomic mass is 35.5. The molecule has 0 bridgehead atoms. The molecule has 0 unspecified atom stereocenters. The van der Waals surface area contributed by atoms with Gasteiger partial charge in [0.15, 0.2) is 0 Å². The van der Waals surface area contributed by atoms with Crippen molar-refractivity contribution in [3.63, 3.8) is 0 Å². The maximum absolute atomic E-state index is 12.1. The molecule has 2 N–H and O–H groups in total. The maximum Gasteiger partial charge on any atom is 0.329 e. The van der Waals surface area contributed by atoms with Crippen molar-refractivity contribution in [2.24, 2.45) is 5.10 Å². The third-order valence-corrected chi connectivity index (χ3v) is 5.67. The number of aryl methyl sites for hydroxylation is 1. The van der Waals surface area contributed by atoms with Gasteiger partial charge in [-0.05, 0) is 44.5 Å². The number of benzene rings is 2. The van der Waals surface area contributed by atoms with Gasteiger partial charge in [0.25, 0.3) is 0 Å². The summed E-state index contributed by atoms with van der Waals surface area (Å²) in [7, 11) is 0. The monoisotopic (exact) mass is 456 g/mol. The Hall–Kier alpha value is -3.09. The predicted molar refractivity (Wildman–Crippen MR) is 124 cm³/mol. The van der Waals surface area contributed by atoms with Crippen molar-refractivity contribution in [1.29, 1.82) is 0 Å². The van der Waals surface area contributed by atoms with Crippen molar-refractivity contribution in [3.8, 4) is 5.69 Å². The van der Waals surface area contributed by atoms with E-state index in [-0.39, 0.29) is 6.04 Å². The number of nitrogens with one attached hydrogen (secondary N) is 2. The van der Waals surface area contributed by atoms with Crippen molar-refractivity contribution in [2.45, 2.75) is 26.8 Å². The van der Waals surface area contributed by atoms with Crippen molar-refractivity contribution < 1.29 is 9.59 Å². The van der Waals surface area contributed by atoms with E-state index >= 15 is 0 Å². The summed E-state index contributed by atoms with van der Waals surface area (Å²) in [6, 6.07) is 16.4. The fourth-order valence-corrected chi connectivity index (χ4v) is 3.63. The first-order valence-electron chi connectivity index (χ1n) is 9.61. The quantitative estimate of drug-likeness (QED) is 0.330. The summed E-state index contributed by atoms with van der Waals surface area (Å²) in [5.41, 5.74) is 6.47. The van der Waals surface area contributed by atoms with E-state index in [9.17, 15) is 9.59 Å². The van der Waals surface area contributed by atoms with E-state index in [2.05, 4.69) is 15.8 Å². The van der Waals surface area contributed by atoms with Crippen LogP contribution in [-0.4, -0.2) is 22.6 Å². The number of halogens is 2. The van der Waals surface area contributed by atoms with Gasteiger partial charge < -0.3 is 9.88 Å². The van der Waals surface area contributed by atoms with Crippen molar-refractivity contribution in [3.05, 3.63) is 87.2 Å². The Morgan fingerprint density at radius 2 is 1.74 bits per heavy atom. The van der Waals surface area contributed by atoms with Crippen LogP contribution >= 0.6 is 23.2 Å². The summed E-state index contributed by atoms with van der Waals surface area (Å²) in [6.45, 7) is 5.64. The second-order valence-corrected chi connectivity index (χ2v) is 7.82. The highest BCUT2D eigenvalue weighted by Crippen LogP contribution is 2.31. The number of hydrogen-bond donors (Lipinski definition) is 2. The van der Waals surface area contributed by atoms with Crippen molar-refractivity contribution >= 4 is 41.2 Å². The van der Waals surface area contributed by atoms with E-state index < -0.39 is 11.8 Å². The molecule has 1 atom stereocenters. The standard InChI is InChI=1S/C23H22Cl2N4O2/c1-14-12-18(16(3)29(14)20-11-7-10-19(24)21(20)25)13-26-28-23(31)22(30)27-15(2)17-8-5-4-6-9-17/h4-13,15H,1-3H3,(H,27,30)(H,28,31)/b26-13-/t15-/m0/s1. The molecule has 0 saturated heterocycles. The molecule has 0 spiro atoms. The van der Waals surface area contributed by atoms with Gasteiger partial charge in [0, 0.05) is 17.0 Å². The van der Waals surface area contributed by atoms with Gasteiger partial charge in [0.05, 0.1) is 28.0 Å². The van der Waals surface area contributed by atoms with Gasteiger partial charge in [0.2, 0.25) is 0 Å². The number of carbonyl (C=O) groups excluding carboxylic acids is 2. The molecular formula is C23H22Cl2N4O2. The minimum atomic E-state index is -0.842. The van der Waals surface area contributed by atoms with E-state index in [1.165, 1.54) is 6.21 Å². The van der Waals surface area contributed by atoms with Gasteiger partial charge in [-0.2, -0.15) is 5.10 Å². The van der Waals surface area contributed by atoms with Crippen molar-refractivity contribution in [2.75, 3.05) is 0 Å². The molecule has 8 heteroatoms. The van der Waals surface area contributed by atoms with E-state index in [0.717, 1.165) is 28.2 Å². The van der Waals surface area contributed by atoms with Crippen LogP contribution in [0.3, 0.4) is 0 Å². The summed E-state index contributed by atoms with van der Waals surface area (Å²) in [6.07, 6.45) is 1.49. The largest absolute Gasteiger partial charge is 0.341 e. The molecule has 0 fully saturated rings. The highest BCUT2D eigenvalue weighted by Gasteiger charge is 2.17. The lowest BCUT2D eigenvalue weighted by Gasteiger charge is -2.13. The summed E-state index contributed by atoms with van der Waals surface area (Å²) in [5, 5.41) is 7.49. The molecule has 1 heterocycles. The minimum absolute atomic E-state index is 0.301. The maximum atomic E-state index is 12.1. The first-order valence-corrected chi connectivity index (χ1v) is 10.4. The van der Waals surface area contributed by atoms with Gasteiger partial charge in [-0.25, -0.2) is 5.43 Å². The van der Waals surface area contributed by atoms with Crippen LogP contribution in [0.15, 0.2) is 59.7 Å². The van der Waals surface area contributed by atoms with E-state index in [1.807, 2.05) is 66.9 Å². The summed E-state index contributed by atoms with van der Waals surface area (Å²) < 4.78 is 1.95. The average molecular weight is 457 g/mol. The van der Waals surface area contributed by atoms with Crippen LogP contribution in [0.4, 0.5) is 0 Å². The Kier molecular flexibility index (Phi) is 7.15. The van der Waals surface area contributed by atoms with E-state index in [4.69, 9.17) is 23.2 Å². The SMILES string of the molecule is Cc1cc(/C=N\NC(=O)C(=O)N[C@@H](C)c2ccccc2)c(C)n1-c1cccc(Cl)c1Cl. The van der Waals surface area contributed by atoms with Crippen LogP contribution in [0.25, 0.3) is 5.69 Å². The number of aromatic nitrogens is 1. The summed E-state index contributed by atoms with van der Waals surface area (Å²) >= 11 is 12.5. The lowest BCUT2D eigenvalue weighted by molar-refractivity contribution is -0.139. The molecule has 31 heavy (non-hydrogen) atoms. The van der Waals surface area contributed by atoms with Gasteiger partial charge >= 0.3 is 11.8 Å². The van der Waals surface area contributed by atoms with Gasteiger partial charge in [-0.15, -0.1) is 0 Å². The molecule has 3 rings (SSSR count). The van der Waals surface area contributed by atoms with E-state index in [1.54, 1.807) is 13.0 Å². The van der Waals surface area contributed by atoms with Crippen LogP contribution in [0.2, 0.25) is 10.0 Å². The third kappa shape index (κ3) is 5.16. The second kappa shape index (κ2) is 9.81. The number of carbonyl (C=O) groups is 2. The first kappa shape index (κ1) is 22.6. The molecule has 3 aromatic rings. The Morgan fingerprint density at radius 1 is 1.03 bits per heavy atom. The van der Waals surface area contributed by atoms with Crippen LogP contribution in [-0.2, 0) is 9.59 Å². The number of rotatable bonds is 5. The molecule has 0 saturated carbocycles. The van der Waals surface area contributed by atoms with Gasteiger partial charge in [-0.1, -0.05) is 59.6 Å². The number of nitrogens with zero attached hydrogens (tertiary/aromatic N) is 2. The normalized spacial score (nSPS) is 12.0. The smallest absolute Gasteiger partial charge is 0.329 e. The molecule has 2 amide bonds. The number of amides is 2. The zero-order valence-corrected chi connectivity index (χ0v) is 18.8. The molecular weight excluding hydrogens is 435 g/mol. The second-order valence-electron chi connectivity index (χ2n) is 7.04. The zero-order valence-electron chi connectivity index (χ0n) is 17.3. The molecule has 0 radical (unpaired) electrons. The summed E-state index contributed by atoms with van der Waals surface area (Å²) in [4.78, 5) is 24.2. The molecule has 160 valence electrons. The first-order chi connectivity index (χ1) is 14.8. The molecule has 6 nitrogen and oxygen atoms in total. The van der Waals surface area contributed by atoms with Crippen LogP contribution in [0.1, 0.15) is 35.5 Å². The summed E-state index contributed by atoms with van der Waals surface area (Å²) in [5.74, 6) is -1.60. The molecule has 0 aliphatic heterocycles. The Bertz CT molecular complexity index is 1140. The third-order valence-electron chi connectivity index (χ3n) is 4.87. The Balaban J connectivity index is 1.68. The van der Waals surface area contributed by atoms with Crippen LogP contribution in [0, 0.1) is 13.8 Å². The lowest BCUT2D eigenvalue weighted by Crippen LogP contribution is -2.39. The van der Waals surface area contributed by atoms with Crippen LogP contribution in [0.5, 0.6) is 0 Å². The van der Waals surface area contributed by atoms with Crippen LogP contribution < -0.4 is 10.7 Å². The van der Waals surface area contributed by atoms with Crippen molar-refractivity contribution in [1.82, 2.24) is 15.3 Å². The topological polar surface area (TPSA) is 75.5 Å². The average Bonchev–Trinajstić information content (AvgIpc) is 3.03.